The number of rotatable bonds is 3. The van der Waals surface area contributed by atoms with E-state index >= 15 is 0 Å². The van der Waals surface area contributed by atoms with E-state index < -0.39 is 0 Å². The van der Waals surface area contributed by atoms with E-state index in [1.54, 1.807) is 0 Å². The second-order valence-corrected chi connectivity index (χ2v) is 5.58. The molecule has 0 fully saturated rings. The molecule has 1 aromatic carbocycles. The van der Waals surface area contributed by atoms with E-state index in [4.69, 9.17) is 4.98 Å². The molecule has 0 atom stereocenters. The highest BCUT2D eigenvalue weighted by atomic mass is 15.3. The van der Waals surface area contributed by atoms with Gasteiger partial charge in [0.05, 0.1) is 11.4 Å². The van der Waals surface area contributed by atoms with Gasteiger partial charge >= 0.3 is 0 Å². The van der Waals surface area contributed by atoms with Crippen LogP contribution in [-0.4, -0.2) is 32.2 Å². The normalized spacial score (nSPS) is 14.2. The molecule has 110 valence electrons. The number of aryl methyl sites for hydroxylation is 1. The van der Waals surface area contributed by atoms with Crippen molar-refractivity contribution in [3.63, 3.8) is 0 Å². The minimum atomic E-state index is 0.855. The van der Waals surface area contributed by atoms with Gasteiger partial charge in [0.1, 0.15) is 5.82 Å². The molecule has 0 bridgehead atoms. The van der Waals surface area contributed by atoms with Crippen molar-refractivity contribution in [3.8, 4) is 0 Å². The number of benzene rings is 1. The van der Waals surface area contributed by atoms with Crippen LogP contribution < -0.4 is 15.1 Å². The Bertz CT molecular complexity index is 638. The number of aromatic nitrogens is 1. The first-order valence-corrected chi connectivity index (χ1v) is 7.38. The first-order chi connectivity index (χ1) is 10.2. The van der Waals surface area contributed by atoms with Crippen molar-refractivity contribution < 1.29 is 0 Å². The van der Waals surface area contributed by atoms with Gasteiger partial charge in [0, 0.05) is 32.9 Å². The zero-order valence-electron chi connectivity index (χ0n) is 12.9. The van der Waals surface area contributed by atoms with Crippen molar-refractivity contribution in [2.75, 3.05) is 37.0 Å². The maximum absolute atomic E-state index is 4.71. The van der Waals surface area contributed by atoms with Gasteiger partial charge in [-0.05, 0) is 43.3 Å². The van der Waals surface area contributed by atoms with Crippen LogP contribution >= 0.6 is 0 Å². The van der Waals surface area contributed by atoms with E-state index in [1.807, 2.05) is 13.2 Å². The van der Waals surface area contributed by atoms with Gasteiger partial charge in [-0.25, -0.2) is 4.98 Å². The molecule has 1 N–H and O–H groups in total. The Morgan fingerprint density at radius 3 is 2.67 bits per heavy atom. The van der Waals surface area contributed by atoms with Crippen LogP contribution in [0.3, 0.4) is 0 Å². The highest BCUT2D eigenvalue weighted by molar-refractivity contribution is 5.78. The molecule has 1 aromatic heterocycles. The number of hydrogen-bond donors (Lipinski definition) is 1. The van der Waals surface area contributed by atoms with Gasteiger partial charge in [0.15, 0.2) is 0 Å². The molecule has 0 saturated carbocycles. The van der Waals surface area contributed by atoms with Crippen molar-refractivity contribution in [2.45, 2.75) is 13.5 Å². The highest BCUT2D eigenvalue weighted by Crippen LogP contribution is 2.37. The lowest BCUT2D eigenvalue weighted by atomic mass is 10.1. The molecule has 0 spiro atoms. The number of nitrogens with one attached hydrogen (secondary N) is 1. The highest BCUT2D eigenvalue weighted by Gasteiger charge is 2.22. The van der Waals surface area contributed by atoms with Crippen LogP contribution in [-0.2, 0) is 6.54 Å². The second kappa shape index (κ2) is 5.74. The molecule has 4 nitrogen and oxygen atoms in total. The zero-order valence-corrected chi connectivity index (χ0v) is 12.9. The number of fused-ring (bicyclic) bond motifs is 1. The first-order valence-electron chi connectivity index (χ1n) is 7.38. The summed E-state index contributed by atoms with van der Waals surface area (Å²) in [4.78, 5) is 9.34. The Hall–Kier alpha value is -2.07. The first kappa shape index (κ1) is 13.9. The lowest BCUT2D eigenvalue weighted by molar-refractivity contribution is 0.797. The third-order valence-electron chi connectivity index (χ3n) is 3.99. The quantitative estimate of drug-likeness (QED) is 0.938. The molecule has 1 aliphatic rings. The molecule has 0 aliphatic carbocycles. The van der Waals surface area contributed by atoms with Crippen LogP contribution in [0, 0.1) is 6.92 Å². The van der Waals surface area contributed by atoms with Gasteiger partial charge in [-0.15, -0.1) is 0 Å². The summed E-state index contributed by atoms with van der Waals surface area (Å²) in [5, 5.41) is 3.17. The summed E-state index contributed by atoms with van der Waals surface area (Å²) in [5.41, 5.74) is 4.95. The van der Waals surface area contributed by atoms with Gasteiger partial charge in [0.25, 0.3) is 0 Å². The third kappa shape index (κ3) is 2.59. The van der Waals surface area contributed by atoms with Crippen LogP contribution in [0.5, 0.6) is 0 Å². The van der Waals surface area contributed by atoms with Crippen molar-refractivity contribution in [1.29, 1.82) is 0 Å². The molecule has 0 amide bonds. The number of likely N-dealkylation sites (N-methyl/N-ethyl adjacent to an activating group) is 1. The number of pyridine rings is 1. The molecule has 21 heavy (non-hydrogen) atoms. The second-order valence-electron chi connectivity index (χ2n) is 5.58. The fourth-order valence-corrected chi connectivity index (χ4v) is 2.94. The fourth-order valence-electron chi connectivity index (χ4n) is 2.94. The fraction of sp³-hybridized carbons (Fsp3) is 0.353. The SMILES string of the molecule is CNCc1cnc(N2CCN(C)c3ccccc32)c(C)c1. The number of hydrogen-bond acceptors (Lipinski definition) is 4. The predicted molar refractivity (Wildman–Crippen MR) is 88.5 cm³/mol. The summed E-state index contributed by atoms with van der Waals surface area (Å²) in [6, 6.07) is 10.8. The minimum Gasteiger partial charge on any atom is -0.371 e. The van der Waals surface area contributed by atoms with Gasteiger partial charge in [-0.3, -0.25) is 0 Å². The summed E-state index contributed by atoms with van der Waals surface area (Å²) in [7, 11) is 4.10. The summed E-state index contributed by atoms with van der Waals surface area (Å²) in [6.45, 7) is 4.97. The minimum absolute atomic E-state index is 0.855. The van der Waals surface area contributed by atoms with E-state index in [9.17, 15) is 0 Å². The average molecular weight is 282 g/mol. The summed E-state index contributed by atoms with van der Waals surface area (Å²) < 4.78 is 0. The average Bonchev–Trinajstić information content (AvgIpc) is 2.49. The summed E-state index contributed by atoms with van der Waals surface area (Å²) in [6.07, 6.45) is 1.97. The van der Waals surface area contributed by atoms with E-state index in [1.165, 1.54) is 22.5 Å². The maximum Gasteiger partial charge on any atom is 0.135 e. The lowest BCUT2D eigenvalue weighted by Gasteiger charge is -2.37. The Kier molecular flexibility index (Phi) is 3.80. The molecule has 0 unspecified atom stereocenters. The van der Waals surface area contributed by atoms with Gasteiger partial charge in [0.2, 0.25) is 0 Å². The summed E-state index contributed by atoms with van der Waals surface area (Å²) in [5.74, 6) is 1.07. The Morgan fingerprint density at radius 1 is 1.19 bits per heavy atom. The number of para-hydroxylation sites is 2. The number of anilines is 3. The Balaban J connectivity index is 2.00. The van der Waals surface area contributed by atoms with E-state index in [-0.39, 0.29) is 0 Å². The molecule has 2 heterocycles. The molecular weight excluding hydrogens is 260 g/mol. The monoisotopic (exact) mass is 282 g/mol. The van der Waals surface area contributed by atoms with Crippen LogP contribution in [0.4, 0.5) is 17.2 Å². The van der Waals surface area contributed by atoms with Gasteiger partial charge < -0.3 is 15.1 Å². The van der Waals surface area contributed by atoms with Crippen LogP contribution in [0.2, 0.25) is 0 Å². The van der Waals surface area contributed by atoms with Crippen LogP contribution in [0.25, 0.3) is 0 Å². The van der Waals surface area contributed by atoms with Crippen LogP contribution in [0.15, 0.2) is 36.5 Å². The molecule has 3 rings (SSSR count). The zero-order chi connectivity index (χ0) is 14.8. The standard InChI is InChI=1S/C17H22N4/c1-13-10-14(11-18-2)12-19-17(13)21-9-8-20(3)15-6-4-5-7-16(15)21/h4-7,10,12,18H,8-9,11H2,1-3H3. The van der Waals surface area contributed by atoms with Crippen molar-refractivity contribution in [1.82, 2.24) is 10.3 Å². The third-order valence-corrected chi connectivity index (χ3v) is 3.99. The van der Waals surface area contributed by atoms with Crippen LogP contribution in [0.1, 0.15) is 11.1 Å². The van der Waals surface area contributed by atoms with E-state index in [0.29, 0.717) is 0 Å². The molecule has 2 aromatic rings. The van der Waals surface area contributed by atoms with Gasteiger partial charge in [-0.2, -0.15) is 0 Å². The van der Waals surface area contributed by atoms with Crippen molar-refractivity contribution >= 4 is 17.2 Å². The lowest BCUT2D eigenvalue weighted by Crippen LogP contribution is -2.37. The van der Waals surface area contributed by atoms with Gasteiger partial charge in [-0.1, -0.05) is 12.1 Å². The topological polar surface area (TPSA) is 31.4 Å². The van der Waals surface area contributed by atoms with Crippen molar-refractivity contribution in [3.05, 3.63) is 47.7 Å². The molecular formula is C17H22N4. The molecule has 4 heteroatoms. The Morgan fingerprint density at radius 2 is 1.95 bits per heavy atom. The van der Waals surface area contributed by atoms with E-state index in [2.05, 4.69) is 59.4 Å². The number of nitrogens with zero attached hydrogens (tertiary/aromatic N) is 3. The molecule has 1 aliphatic heterocycles. The Labute approximate surface area is 126 Å². The smallest absolute Gasteiger partial charge is 0.135 e. The van der Waals surface area contributed by atoms with E-state index in [0.717, 1.165) is 25.5 Å². The maximum atomic E-state index is 4.71. The largest absolute Gasteiger partial charge is 0.371 e. The molecule has 0 radical (unpaired) electrons. The molecule has 0 saturated heterocycles. The summed E-state index contributed by atoms with van der Waals surface area (Å²) >= 11 is 0. The van der Waals surface area contributed by atoms with Crippen molar-refractivity contribution in [2.24, 2.45) is 0 Å². The predicted octanol–water partition coefficient (Wildman–Crippen LogP) is 2.70.